The minimum absolute atomic E-state index is 0.0638. The maximum absolute atomic E-state index is 11.9. The van der Waals surface area contributed by atoms with Crippen molar-refractivity contribution < 1.29 is 4.79 Å². The van der Waals surface area contributed by atoms with Gasteiger partial charge in [-0.15, -0.1) is 6.42 Å². The first-order valence-electron chi connectivity index (χ1n) is 6.98. The molecule has 2 heteroatoms. The Labute approximate surface area is 105 Å². The van der Waals surface area contributed by atoms with Crippen molar-refractivity contribution in [1.29, 1.82) is 0 Å². The zero-order chi connectivity index (χ0) is 12.3. The molecule has 1 amide bonds. The van der Waals surface area contributed by atoms with Gasteiger partial charge in [-0.1, -0.05) is 25.7 Å². The van der Waals surface area contributed by atoms with E-state index in [9.17, 15) is 4.79 Å². The lowest BCUT2D eigenvalue weighted by atomic mass is 9.86. The molecule has 2 saturated carbocycles. The van der Waals surface area contributed by atoms with Gasteiger partial charge in [-0.2, -0.15) is 0 Å². The number of carbonyl (C=O) groups excluding carboxylic acids is 1. The number of carbonyl (C=O) groups is 1. The van der Waals surface area contributed by atoms with Crippen molar-refractivity contribution in [2.75, 3.05) is 0 Å². The van der Waals surface area contributed by atoms with Gasteiger partial charge in [-0.05, 0) is 43.4 Å². The van der Waals surface area contributed by atoms with E-state index in [1.807, 2.05) is 0 Å². The second-order valence-corrected chi connectivity index (χ2v) is 5.71. The van der Waals surface area contributed by atoms with Crippen LogP contribution in [-0.4, -0.2) is 11.9 Å². The molecule has 17 heavy (non-hydrogen) atoms. The highest BCUT2D eigenvalue weighted by atomic mass is 16.1. The van der Waals surface area contributed by atoms with Gasteiger partial charge < -0.3 is 5.32 Å². The molecule has 0 radical (unpaired) electrons. The molecule has 4 unspecified atom stereocenters. The summed E-state index contributed by atoms with van der Waals surface area (Å²) in [7, 11) is 0. The fourth-order valence-corrected chi connectivity index (χ4v) is 3.60. The van der Waals surface area contributed by atoms with E-state index in [2.05, 4.69) is 18.2 Å². The summed E-state index contributed by atoms with van der Waals surface area (Å²) in [6, 6.07) is -0.0638. The molecular formula is C15H23NO. The molecule has 2 aliphatic rings. The maximum atomic E-state index is 11.9. The quantitative estimate of drug-likeness (QED) is 0.727. The summed E-state index contributed by atoms with van der Waals surface area (Å²) in [5.41, 5.74) is 0. The third-order valence-electron chi connectivity index (χ3n) is 4.45. The van der Waals surface area contributed by atoms with Gasteiger partial charge >= 0.3 is 0 Å². The zero-order valence-corrected chi connectivity index (χ0v) is 10.7. The fraction of sp³-hybridized carbons (Fsp3) is 0.800. The molecule has 2 nitrogen and oxygen atoms in total. The molecule has 0 aromatic heterocycles. The van der Waals surface area contributed by atoms with E-state index in [0.717, 1.165) is 24.7 Å². The Morgan fingerprint density at radius 3 is 2.82 bits per heavy atom. The first kappa shape index (κ1) is 12.5. The summed E-state index contributed by atoms with van der Waals surface area (Å²) in [5.74, 6) is 5.19. The minimum Gasteiger partial charge on any atom is -0.342 e. The van der Waals surface area contributed by atoms with Crippen LogP contribution in [0.2, 0.25) is 0 Å². The van der Waals surface area contributed by atoms with Crippen molar-refractivity contribution in [2.45, 2.75) is 57.9 Å². The van der Waals surface area contributed by atoms with Crippen LogP contribution in [0.25, 0.3) is 0 Å². The van der Waals surface area contributed by atoms with Crippen molar-refractivity contribution in [3.05, 3.63) is 0 Å². The van der Waals surface area contributed by atoms with Crippen LogP contribution in [0.3, 0.4) is 0 Å². The number of fused-ring (bicyclic) bond motifs is 2. The van der Waals surface area contributed by atoms with Gasteiger partial charge in [0.25, 0.3) is 0 Å². The molecule has 0 saturated heterocycles. The zero-order valence-electron chi connectivity index (χ0n) is 10.7. The van der Waals surface area contributed by atoms with E-state index in [1.165, 1.54) is 25.7 Å². The molecule has 4 atom stereocenters. The summed E-state index contributed by atoms with van der Waals surface area (Å²) in [4.78, 5) is 11.9. The highest BCUT2D eigenvalue weighted by Crippen LogP contribution is 2.49. The predicted molar refractivity (Wildman–Crippen MR) is 69.2 cm³/mol. The first-order valence-corrected chi connectivity index (χ1v) is 6.98. The second-order valence-electron chi connectivity index (χ2n) is 5.71. The second kappa shape index (κ2) is 5.58. The van der Waals surface area contributed by atoms with Crippen LogP contribution in [-0.2, 0) is 4.79 Å². The van der Waals surface area contributed by atoms with Gasteiger partial charge in [0, 0.05) is 6.42 Å². The van der Waals surface area contributed by atoms with Crippen molar-refractivity contribution >= 4 is 5.91 Å². The Balaban J connectivity index is 1.76. The maximum Gasteiger partial charge on any atom is 0.221 e. The summed E-state index contributed by atoms with van der Waals surface area (Å²) in [6.45, 7) is 2.09. The average Bonchev–Trinajstić information content (AvgIpc) is 2.90. The third kappa shape index (κ3) is 3.03. The molecule has 0 spiro atoms. The van der Waals surface area contributed by atoms with Gasteiger partial charge in [0.2, 0.25) is 5.91 Å². The van der Waals surface area contributed by atoms with Crippen molar-refractivity contribution in [3.63, 3.8) is 0 Å². The molecule has 2 rings (SSSR count). The Bertz CT molecular complexity index is 317. The number of nitrogens with one attached hydrogen (secondary N) is 1. The van der Waals surface area contributed by atoms with Crippen LogP contribution in [0.4, 0.5) is 0 Å². The van der Waals surface area contributed by atoms with Crippen LogP contribution in [0.5, 0.6) is 0 Å². The van der Waals surface area contributed by atoms with E-state index >= 15 is 0 Å². The van der Waals surface area contributed by atoms with Crippen LogP contribution < -0.4 is 5.32 Å². The third-order valence-corrected chi connectivity index (χ3v) is 4.45. The fourth-order valence-electron chi connectivity index (χ4n) is 3.60. The molecule has 0 heterocycles. The van der Waals surface area contributed by atoms with Gasteiger partial charge in [-0.3, -0.25) is 4.79 Å². The lowest BCUT2D eigenvalue weighted by Crippen LogP contribution is -2.35. The number of hydrogen-bond donors (Lipinski definition) is 1. The Morgan fingerprint density at radius 1 is 1.47 bits per heavy atom. The number of rotatable bonds is 5. The Morgan fingerprint density at radius 2 is 2.29 bits per heavy atom. The lowest BCUT2D eigenvalue weighted by Gasteiger charge is -2.22. The van der Waals surface area contributed by atoms with E-state index in [-0.39, 0.29) is 11.9 Å². The summed E-state index contributed by atoms with van der Waals surface area (Å²) >= 11 is 0. The van der Waals surface area contributed by atoms with Crippen molar-refractivity contribution in [2.24, 2.45) is 17.8 Å². The van der Waals surface area contributed by atoms with Gasteiger partial charge in [0.1, 0.15) is 0 Å². The molecule has 1 N–H and O–H groups in total. The highest BCUT2D eigenvalue weighted by Gasteiger charge is 2.40. The van der Waals surface area contributed by atoms with Crippen LogP contribution in [0.1, 0.15) is 51.9 Å². The summed E-state index contributed by atoms with van der Waals surface area (Å²) in [5, 5.41) is 2.98. The van der Waals surface area contributed by atoms with E-state index in [4.69, 9.17) is 6.42 Å². The van der Waals surface area contributed by atoms with Gasteiger partial charge in [0.05, 0.1) is 6.04 Å². The van der Waals surface area contributed by atoms with Crippen molar-refractivity contribution in [1.82, 2.24) is 5.32 Å². The Kier molecular flexibility index (Phi) is 4.10. The SMILES string of the molecule is C#CC(CCC)NC(=O)CC1CC2CCC1C2. The molecule has 0 aromatic rings. The monoisotopic (exact) mass is 233 g/mol. The normalized spacial score (nSPS) is 32.1. The highest BCUT2D eigenvalue weighted by molar-refractivity contribution is 5.77. The smallest absolute Gasteiger partial charge is 0.221 e. The number of terminal acetylenes is 1. The van der Waals surface area contributed by atoms with Crippen LogP contribution in [0.15, 0.2) is 0 Å². The van der Waals surface area contributed by atoms with Crippen LogP contribution >= 0.6 is 0 Å². The summed E-state index contributed by atoms with van der Waals surface area (Å²) in [6.07, 6.45) is 13.4. The first-order chi connectivity index (χ1) is 8.22. The summed E-state index contributed by atoms with van der Waals surface area (Å²) < 4.78 is 0. The van der Waals surface area contributed by atoms with E-state index in [0.29, 0.717) is 12.3 Å². The topological polar surface area (TPSA) is 29.1 Å². The van der Waals surface area contributed by atoms with Gasteiger partial charge in [-0.25, -0.2) is 0 Å². The standard InChI is InChI=1S/C15H23NO/c1-3-5-14(4-2)16-15(17)10-13-9-11-6-7-12(13)8-11/h2,11-14H,3,5-10H2,1H3,(H,16,17). The largest absolute Gasteiger partial charge is 0.342 e. The average molecular weight is 233 g/mol. The molecular weight excluding hydrogens is 210 g/mol. The molecule has 0 aromatic carbocycles. The molecule has 2 aliphatic carbocycles. The minimum atomic E-state index is -0.0638. The molecule has 2 bridgehead atoms. The number of amides is 1. The van der Waals surface area contributed by atoms with Crippen LogP contribution in [0, 0.1) is 30.1 Å². The molecule has 2 fully saturated rings. The molecule has 94 valence electrons. The van der Waals surface area contributed by atoms with Crippen molar-refractivity contribution in [3.8, 4) is 12.3 Å². The molecule has 0 aliphatic heterocycles. The lowest BCUT2D eigenvalue weighted by molar-refractivity contribution is -0.122. The van der Waals surface area contributed by atoms with E-state index < -0.39 is 0 Å². The van der Waals surface area contributed by atoms with E-state index in [1.54, 1.807) is 0 Å². The number of hydrogen-bond acceptors (Lipinski definition) is 1. The Hall–Kier alpha value is -0.970. The van der Waals surface area contributed by atoms with Gasteiger partial charge in [0.15, 0.2) is 0 Å². The predicted octanol–water partition coefficient (Wildman–Crippen LogP) is 2.73.